The largest absolute Gasteiger partial charge is 0.484 e. The molecule has 0 saturated heterocycles. The number of rotatable bonds is 6. The zero-order valence-corrected chi connectivity index (χ0v) is 17.0. The van der Waals surface area contributed by atoms with Crippen LogP contribution in [-0.2, 0) is 4.84 Å². The molecule has 2 aromatic carbocycles. The minimum atomic E-state index is -4.77. The summed E-state index contributed by atoms with van der Waals surface area (Å²) in [6.45, 7) is -3.52. The van der Waals surface area contributed by atoms with E-state index in [-0.39, 0.29) is 15.6 Å². The molecule has 0 aliphatic carbocycles. The van der Waals surface area contributed by atoms with E-state index < -0.39 is 54.5 Å². The average Bonchev–Trinajstić information content (AvgIpc) is 2.67. The van der Waals surface area contributed by atoms with E-state index in [1.165, 1.54) is 18.2 Å². The van der Waals surface area contributed by atoms with E-state index in [9.17, 15) is 35.9 Å². The lowest BCUT2D eigenvalue weighted by Crippen LogP contribution is -2.28. The van der Waals surface area contributed by atoms with Gasteiger partial charge >= 0.3 is 18.3 Å². The maximum atomic E-state index is 12.4. The molecule has 32 heavy (non-hydrogen) atoms. The normalized spacial score (nSPS) is 11.6. The fourth-order valence-corrected chi connectivity index (χ4v) is 2.57. The molecule has 1 amide bonds. The van der Waals surface area contributed by atoms with Gasteiger partial charge in [0.05, 0.1) is 16.1 Å². The molecule has 14 heteroatoms. The van der Waals surface area contributed by atoms with E-state index in [0.717, 1.165) is 12.1 Å². The Morgan fingerprint density at radius 3 is 2.06 bits per heavy atom. The van der Waals surface area contributed by atoms with Gasteiger partial charge in [-0.3, -0.25) is 4.79 Å². The molecule has 0 heterocycles. The van der Waals surface area contributed by atoms with Crippen LogP contribution in [0.3, 0.4) is 0 Å². The quantitative estimate of drug-likeness (QED) is 0.421. The molecule has 0 aliphatic rings. The number of benzene rings is 2. The molecule has 1 N–H and O–H groups in total. The van der Waals surface area contributed by atoms with E-state index >= 15 is 0 Å². The van der Waals surface area contributed by atoms with Crippen molar-refractivity contribution in [2.24, 2.45) is 0 Å². The zero-order chi connectivity index (χ0) is 24.1. The summed E-state index contributed by atoms with van der Waals surface area (Å²) in [5.74, 6) is -3.61. The standard InChI is InChI=1S/C18H11Cl2F6NO5/c19-9-1-3-11(13(20)5-9)16(29)32-27-15(28)12-6-10(30-7-17(21,22)23)2-4-14(12)31-8-18(24,25)26/h1-6H,7-8H2,(H,27,28). The predicted octanol–water partition coefficient (Wildman–Crippen LogP) is 5.38. The molecule has 0 fully saturated rings. The highest BCUT2D eigenvalue weighted by Crippen LogP contribution is 2.28. The smallest absolute Gasteiger partial charge is 0.422 e. The topological polar surface area (TPSA) is 73.9 Å². The van der Waals surface area contributed by atoms with Crippen LogP contribution in [0.1, 0.15) is 20.7 Å². The van der Waals surface area contributed by atoms with Crippen molar-refractivity contribution in [1.82, 2.24) is 5.48 Å². The lowest BCUT2D eigenvalue weighted by atomic mass is 10.2. The summed E-state index contributed by atoms with van der Waals surface area (Å²) < 4.78 is 83.3. The van der Waals surface area contributed by atoms with Crippen molar-refractivity contribution in [2.75, 3.05) is 13.2 Å². The Balaban J connectivity index is 2.19. The first-order valence-electron chi connectivity index (χ1n) is 8.25. The summed E-state index contributed by atoms with van der Waals surface area (Å²) in [5.41, 5.74) is 0.765. The molecular weight excluding hydrogens is 495 g/mol. The Labute approximate surface area is 185 Å². The number of nitrogens with one attached hydrogen (secondary N) is 1. The number of halogens is 8. The monoisotopic (exact) mass is 505 g/mol. The van der Waals surface area contributed by atoms with Crippen molar-refractivity contribution in [3.05, 3.63) is 57.6 Å². The van der Waals surface area contributed by atoms with Gasteiger partial charge < -0.3 is 14.3 Å². The van der Waals surface area contributed by atoms with Gasteiger partial charge in [-0.1, -0.05) is 23.2 Å². The van der Waals surface area contributed by atoms with Crippen molar-refractivity contribution in [2.45, 2.75) is 12.4 Å². The van der Waals surface area contributed by atoms with Gasteiger partial charge in [0.15, 0.2) is 13.2 Å². The van der Waals surface area contributed by atoms with Gasteiger partial charge in [-0.15, -0.1) is 0 Å². The van der Waals surface area contributed by atoms with Crippen molar-refractivity contribution < 1.29 is 50.2 Å². The molecule has 0 unspecified atom stereocenters. The van der Waals surface area contributed by atoms with E-state index in [2.05, 4.69) is 14.3 Å². The summed E-state index contributed by atoms with van der Waals surface area (Å²) in [6, 6.07) is 6.05. The zero-order valence-electron chi connectivity index (χ0n) is 15.4. The number of hydroxylamine groups is 1. The van der Waals surface area contributed by atoms with Crippen LogP contribution in [-0.4, -0.2) is 37.4 Å². The molecule has 0 atom stereocenters. The molecule has 0 radical (unpaired) electrons. The van der Waals surface area contributed by atoms with Gasteiger partial charge in [0.25, 0.3) is 5.91 Å². The van der Waals surface area contributed by atoms with Crippen molar-refractivity contribution in [1.29, 1.82) is 0 Å². The van der Waals surface area contributed by atoms with Gasteiger partial charge in [-0.2, -0.15) is 31.8 Å². The number of hydrogen-bond acceptors (Lipinski definition) is 5. The van der Waals surface area contributed by atoms with Crippen LogP contribution in [0.15, 0.2) is 36.4 Å². The summed E-state index contributed by atoms with van der Waals surface area (Å²) in [7, 11) is 0. The van der Waals surface area contributed by atoms with Crippen LogP contribution < -0.4 is 15.0 Å². The molecule has 174 valence electrons. The van der Waals surface area contributed by atoms with Gasteiger partial charge in [-0.25, -0.2) is 4.79 Å². The highest BCUT2D eigenvalue weighted by molar-refractivity contribution is 6.36. The number of carbonyl (C=O) groups is 2. The molecule has 0 spiro atoms. The minimum Gasteiger partial charge on any atom is -0.484 e. The Bertz CT molecular complexity index is 997. The van der Waals surface area contributed by atoms with Crippen LogP contribution in [0, 0.1) is 0 Å². The third-order valence-electron chi connectivity index (χ3n) is 3.38. The maximum absolute atomic E-state index is 12.4. The second kappa shape index (κ2) is 10.2. The van der Waals surface area contributed by atoms with Gasteiger partial charge in [0, 0.05) is 5.02 Å². The van der Waals surface area contributed by atoms with Gasteiger partial charge in [0.1, 0.15) is 11.5 Å². The molecule has 2 rings (SSSR count). The van der Waals surface area contributed by atoms with Crippen LogP contribution in [0.4, 0.5) is 26.3 Å². The highest BCUT2D eigenvalue weighted by Gasteiger charge is 2.31. The van der Waals surface area contributed by atoms with Crippen LogP contribution in [0.5, 0.6) is 11.5 Å². The molecular formula is C18H11Cl2F6NO5. The molecule has 6 nitrogen and oxygen atoms in total. The number of hydrogen-bond donors (Lipinski definition) is 1. The Morgan fingerprint density at radius 1 is 0.844 bits per heavy atom. The molecule has 0 aliphatic heterocycles. The SMILES string of the molecule is O=C(ONC(=O)c1cc(OCC(F)(F)F)ccc1OCC(F)(F)F)c1ccc(Cl)cc1Cl. The Kier molecular flexibility index (Phi) is 8.07. The lowest BCUT2D eigenvalue weighted by molar-refractivity contribution is -0.154. The molecule has 0 bridgehead atoms. The summed E-state index contributed by atoms with van der Waals surface area (Å²) in [4.78, 5) is 28.9. The second-order valence-corrected chi connectivity index (χ2v) is 6.75. The fraction of sp³-hybridized carbons (Fsp3) is 0.222. The minimum absolute atomic E-state index is 0.117. The van der Waals surface area contributed by atoms with Crippen LogP contribution in [0.2, 0.25) is 10.0 Å². The first-order chi connectivity index (χ1) is 14.7. The van der Waals surface area contributed by atoms with E-state index in [4.69, 9.17) is 23.2 Å². The lowest BCUT2D eigenvalue weighted by Gasteiger charge is -2.15. The van der Waals surface area contributed by atoms with Gasteiger partial charge in [0.2, 0.25) is 0 Å². The molecule has 0 saturated carbocycles. The third kappa shape index (κ3) is 8.00. The van der Waals surface area contributed by atoms with E-state index in [0.29, 0.717) is 6.07 Å². The number of carbonyl (C=O) groups excluding carboxylic acids is 2. The van der Waals surface area contributed by atoms with Crippen LogP contribution in [0.25, 0.3) is 0 Å². The van der Waals surface area contributed by atoms with E-state index in [1.807, 2.05) is 0 Å². The molecule has 0 aromatic heterocycles. The fourth-order valence-electron chi connectivity index (χ4n) is 2.08. The van der Waals surface area contributed by atoms with Crippen molar-refractivity contribution in [3.8, 4) is 11.5 Å². The highest BCUT2D eigenvalue weighted by atomic mass is 35.5. The number of amides is 1. The maximum Gasteiger partial charge on any atom is 0.422 e. The van der Waals surface area contributed by atoms with Crippen LogP contribution >= 0.6 is 23.2 Å². The number of ether oxygens (including phenoxy) is 2. The summed E-state index contributed by atoms with van der Waals surface area (Å²) in [6.07, 6.45) is -9.47. The van der Waals surface area contributed by atoms with Crippen molar-refractivity contribution >= 4 is 35.1 Å². The number of alkyl halides is 6. The Hall–Kier alpha value is -2.86. The Morgan fingerprint density at radius 2 is 1.47 bits per heavy atom. The van der Waals surface area contributed by atoms with Crippen molar-refractivity contribution in [3.63, 3.8) is 0 Å². The summed E-state index contributed by atoms with van der Waals surface area (Å²) >= 11 is 11.5. The average molecular weight is 506 g/mol. The first-order valence-corrected chi connectivity index (χ1v) is 9.00. The van der Waals surface area contributed by atoms with E-state index in [1.54, 1.807) is 5.48 Å². The van der Waals surface area contributed by atoms with Gasteiger partial charge in [-0.05, 0) is 36.4 Å². The summed E-state index contributed by atoms with van der Waals surface area (Å²) in [5, 5.41) is 0.0891. The predicted molar refractivity (Wildman–Crippen MR) is 98.9 cm³/mol. The molecule has 2 aromatic rings. The third-order valence-corrected chi connectivity index (χ3v) is 3.92. The second-order valence-electron chi connectivity index (χ2n) is 5.91. The first kappa shape index (κ1) is 25.4.